The van der Waals surface area contributed by atoms with Gasteiger partial charge in [0.15, 0.2) is 5.82 Å². The molecule has 1 aliphatic rings. The molecule has 2 atom stereocenters. The molecule has 0 unspecified atom stereocenters. The van der Waals surface area contributed by atoms with E-state index in [1.165, 1.54) is 12.8 Å². The van der Waals surface area contributed by atoms with Crippen LogP contribution in [0.2, 0.25) is 0 Å². The number of tetrazole rings is 1. The minimum absolute atomic E-state index is 0.271. The summed E-state index contributed by atoms with van der Waals surface area (Å²) in [6.45, 7) is 5.08. The SMILES string of the molecule is CC(C)n1nnnc1CN[C@@H]1CCCC[C@@H]1CO. The van der Waals surface area contributed by atoms with Crippen LogP contribution in [0.15, 0.2) is 0 Å². The maximum atomic E-state index is 9.38. The van der Waals surface area contributed by atoms with Gasteiger partial charge < -0.3 is 10.4 Å². The van der Waals surface area contributed by atoms with Crippen molar-refractivity contribution in [1.82, 2.24) is 25.5 Å². The van der Waals surface area contributed by atoms with Crippen LogP contribution >= 0.6 is 0 Å². The molecule has 0 bridgehead atoms. The van der Waals surface area contributed by atoms with Gasteiger partial charge in [-0.25, -0.2) is 4.68 Å². The maximum absolute atomic E-state index is 9.38. The van der Waals surface area contributed by atoms with Gasteiger partial charge in [-0.3, -0.25) is 0 Å². The maximum Gasteiger partial charge on any atom is 0.165 e. The van der Waals surface area contributed by atoms with Crippen molar-refractivity contribution in [2.75, 3.05) is 6.61 Å². The zero-order valence-electron chi connectivity index (χ0n) is 11.2. The molecule has 1 fully saturated rings. The lowest BCUT2D eigenvalue weighted by atomic mass is 9.85. The van der Waals surface area contributed by atoms with Crippen LogP contribution in [-0.2, 0) is 6.54 Å². The fourth-order valence-electron chi connectivity index (χ4n) is 2.65. The highest BCUT2D eigenvalue weighted by Crippen LogP contribution is 2.24. The van der Waals surface area contributed by atoms with E-state index in [-0.39, 0.29) is 12.6 Å². The predicted molar refractivity (Wildman–Crippen MR) is 67.9 cm³/mol. The Balaban J connectivity index is 1.91. The van der Waals surface area contributed by atoms with Crippen molar-refractivity contribution in [2.24, 2.45) is 5.92 Å². The first kappa shape index (κ1) is 13.4. The van der Waals surface area contributed by atoms with Gasteiger partial charge in [0.05, 0.1) is 12.6 Å². The molecule has 102 valence electrons. The van der Waals surface area contributed by atoms with Crippen LogP contribution in [-0.4, -0.2) is 38.0 Å². The molecule has 1 aromatic heterocycles. The number of hydrogen-bond donors (Lipinski definition) is 2. The van der Waals surface area contributed by atoms with Crippen molar-refractivity contribution in [3.8, 4) is 0 Å². The van der Waals surface area contributed by atoms with Crippen LogP contribution < -0.4 is 5.32 Å². The first-order valence-corrected chi connectivity index (χ1v) is 6.83. The monoisotopic (exact) mass is 253 g/mol. The van der Waals surface area contributed by atoms with Gasteiger partial charge in [-0.15, -0.1) is 5.10 Å². The molecule has 2 N–H and O–H groups in total. The predicted octanol–water partition coefficient (Wildman–Crippen LogP) is 0.895. The van der Waals surface area contributed by atoms with Crippen LogP contribution in [0.5, 0.6) is 0 Å². The Morgan fingerprint density at radius 2 is 2.17 bits per heavy atom. The molecular formula is C12H23N5O. The summed E-state index contributed by atoms with van der Waals surface area (Å²) in [7, 11) is 0. The van der Waals surface area contributed by atoms with Gasteiger partial charge in [-0.05, 0) is 43.0 Å². The van der Waals surface area contributed by atoms with E-state index in [4.69, 9.17) is 0 Å². The van der Waals surface area contributed by atoms with Gasteiger partial charge in [0.1, 0.15) is 0 Å². The minimum atomic E-state index is 0.271. The van der Waals surface area contributed by atoms with E-state index in [1.807, 2.05) is 4.68 Å². The molecule has 1 saturated carbocycles. The summed E-state index contributed by atoms with van der Waals surface area (Å²) >= 11 is 0. The molecule has 6 heteroatoms. The van der Waals surface area contributed by atoms with Gasteiger partial charge in [0, 0.05) is 12.6 Å². The minimum Gasteiger partial charge on any atom is -0.396 e. The Morgan fingerprint density at radius 1 is 1.39 bits per heavy atom. The van der Waals surface area contributed by atoms with Crippen LogP contribution in [0.4, 0.5) is 0 Å². The molecule has 2 rings (SSSR count). The van der Waals surface area contributed by atoms with Crippen LogP contribution in [0.25, 0.3) is 0 Å². The molecule has 1 aliphatic carbocycles. The van der Waals surface area contributed by atoms with Crippen LogP contribution in [0.3, 0.4) is 0 Å². The highest BCUT2D eigenvalue weighted by molar-refractivity contribution is 4.86. The Bertz CT molecular complexity index is 365. The lowest BCUT2D eigenvalue weighted by Gasteiger charge is -2.30. The fraction of sp³-hybridized carbons (Fsp3) is 0.917. The third kappa shape index (κ3) is 3.05. The summed E-state index contributed by atoms with van der Waals surface area (Å²) < 4.78 is 1.84. The zero-order valence-corrected chi connectivity index (χ0v) is 11.2. The second-order valence-electron chi connectivity index (χ2n) is 5.35. The normalized spacial score (nSPS) is 24.7. The van der Waals surface area contributed by atoms with Gasteiger partial charge >= 0.3 is 0 Å². The fourth-order valence-corrected chi connectivity index (χ4v) is 2.65. The highest BCUT2D eigenvalue weighted by atomic mass is 16.3. The van der Waals surface area contributed by atoms with Crippen molar-refractivity contribution >= 4 is 0 Å². The summed E-state index contributed by atoms with van der Waals surface area (Å²) in [4.78, 5) is 0. The van der Waals surface area contributed by atoms with Gasteiger partial charge in [0.2, 0.25) is 0 Å². The average Bonchev–Trinajstić information content (AvgIpc) is 2.85. The lowest BCUT2D eigenvalue weighted by Crippen LogP contribution is -2.40. The van der Waals surface area contributed by atoms with Crippen LogP contribution in [0, 0.1) is 5.92 Å². The topological polar surface area (TPSA) is 75.9 Å². The number of aromatic nitrogens is 4. The van der Waals surface area contributed by atoms with Crippen molar-refractivity contribution in [1.29, 1.82) is 0 Å². The van der Waals surface area contributed by atoms with E-state index in [0.29, 0.717) is 18.5 Å². The molecule has 6 nitrogen and oxygen atoms in total. The third-order valence-electron chi connectivity index (χ3n) is 3.72. The lowest BCUT2D eigenvalue weighted by molar-refractivity contribution is 0.151. The Labute approximate surface area is 108 Å². The molecule has 18 heavy (non-hydrogen) atoms. The number of nitrogens with one attached hydrogen (secondary N) is 1. The second-order valence-corrected chi connectivity index (χ2v) is 5.35. The highest BCUT2D eigenvalue weighted by Gasteiger charge is 2.24. The molecule has 0 spiro atoms. The quantitative estimate of drug-likeness (QED) is 0.815. The van der Waals surface area contributed by atoms with Gasteiger partial charge in [-0.1, -0.05) is 12.8 Å². The van der Waals surface area contributed by atoms with E-state index in [0.717, 1.165) is 18.7 Å². The molecule has 0 amide bonds. The van der Waals surface area contributed by atoms with Crippen molar-refractivity contribution < 1.29 is 5.11 Å². The molecule has 1 aromatic rings. The average molecular weight is 253 g/mol. The van der Waals surface area contributed by atoms with Crippen molar-refractivity contribution in [3.05, 3.63) is 5.82 Å². The number of nitrogens with zero attached hydrogens (tertiary/aromatic N) is 4. The van der Waals surface area contributed by atoms with E-state index in [9.17, 15) is 5.11 Å². The summed E-state index contributed by atoms with van der Waals surface area (Å²) in [6.07, 6.45) is 4.72. The molecular weight excluding hydrogens is 230 g/mol. The van der Waals surface area contributed by atoms with E-state index >= 15 is 0 Å². The third-order valence-corrected chi connectivity index (χ3v) is 3.72. The summed E-state index contributed by atoms with van der Waals surface area (Å²) in [5.74, 6) is 1.24. The number of aliphatic hydroxyl groups is 1. The smallest absolute Gasteiger partial charge is 0.165 e. The Morgan fingerprint density at radius 3 is 2.89 bits per heavy atom. The first-order valence-electron chi connectivity index (χ1n) is 6.83. The number of rotatable bonds is 5. The summed E-state index contributed by atoms with van der Waals surface area (Å²) in [5.41, 5.74) is 0. The standard InChI is InChI=1S/C12H23N5O/c1-9(2)17-12(14-15-16-17)7-13-11-6-4-3-5-10(11)8-18/h9-11,13,18H,3-8H2,1-2H3/t10-,11-/m1/s1. The molecule has 0 aliphatic heterocycles. The van der Waals surface area contributed by atoms with E-state index < -0.39 is 0 Å². The summed E-state index contributed by atoms with van der Waals surface area (Å²) in [6, 6.07) is 0.665. The van der Waals surface area contributed by atoms with Gasteiger partial charge in [-0.2, -0.15) is 0 Å². The van der Waals surface area contributed by atoms with Crippen LogP contribution in [0.1, 0.15) is 51.4 Å². The van der Waals surface area contributed by atoms with E-state index in [1.54, 1.807) is 0 Å². The Hall–Kier alpha value is -1.01. The van der Waals surface area contributed by atoms with Gasteiger partial charge in [0.25, 0.3) is 0 Å². The number of aliphatic hydroxyl groups excluding tert-OH is 1. The molecule has 0 saturated heterocycles. The number of hydrogen-bond acceptors (Lipinski definition) is 5. The largest absolute Gasteiger partial charge is 0.396 e. The molecule has 1 heterocycles. The van der Waals surface area contributed by atoms with Crippen molar-refractivity contribution in [3.63, 3.8) is 0 Å². The van der Waals surface area contributed by atoms with Crippen molar-refractivity contribution in [2.45, 2.75) is 58.2 Å². The Kier molecular flexibility index (Phi) is 4.66. The zero-order chi connectivity index (χ0) is 13.0. The van der Waals surface area contributed by atoms with E-state index in [2.05, 4.69) is 34.7 Å². The molecule has 0 aromatic carbocycles. The first-order chi connectivity index (χ1) is 8.72. The second kappa shape index (κ2) is 6.24. The molecule has 0 radical (unpaired) electrons. The summed E-state index contributed by atoms with van der Waals surface area (Å²) in [5, 5.41) is 24.6.